The van der Waals surface area contributed by atoms with Crippen molar-refractivity contribution in [3.63, 3.8) is 0 Å². The Morgan fingerprint density at radius 3 is 2.83 bits per heavy atom. The van der Waals surface area contributed by atoms with Gasteiger partial charge in [-0.2, -0.15) is 15.2 Å². The van der Waals surface area contributed by atoms with Gasteiger partial charge >= 0.3 is 6.01 Å². The summed E-state index contributed by atoms with van der Waals surface area (Å²) in [5.74, 6) is 0.696. The van der Waals surface area contributed by atoms with Gasteiger partial charge in [-0.1, -0.05) is 30.3 Å². The second kappa shape index (κ2) is 11.1. The fourth-order valence-corrected chi connectivity index (χ4v) is 7.51. The molecule has 1 aromatic heterocycles. The Morgan fingerprint density at radius 2 is 2.07 bits per heavy atom. The van der Waals surface area contributed by atoms with Gasteiger partial charge < -0.3 is 14.5 Å². The van der Waals surface area contributed by atoms with E-state index in [1.807, 2.05) is 11.9 Å². The first-order valence-electron chi connectivity index (χ1n) is 14.8. The van der Waals surface area contributed by atoms with Crippen LogP contribution in [0, 0.1) is 18.3 Å². The number of fused-ring (bicyclic) bond motifs is 3. The van der Waals surface area contributed by atoms with Crippen LogP contribution < -0.4 is 9.64 Å². The molecule has 1 spiro atoms. The Bertz CT molecular complexity index is 1390. The van der Waals surface area contributed by atoms with E-state index in [0.717, 1.165) is 49.2 Å². The van der Waals surface area contributed by atoms with Crippen molar-refractivity contribution in [2.24, 2.45) is 0 Å². The zero-order valence-electron chi connectivity index (χ0n) is 24.1. The molecule has 4 aliphatic rings. The molecular formula is C32H39FN6O2. The van der Waals surface area contributed by atoms with Crippen molar-refractivity contribution in [1.29, 1.82) is 5.26 Å². The van der Waals surface area contributed by atoms with Gasteiger partial charge in [0.2, 0.25) is 5.91 Å². The number of amides is 1. The van der Waals surface area contributed by atoms with Gasteiger partial charge in [0.1, 0.15) is 18.6 Å². The Kier molecular flexibility index (Phi) is 7.45. The number of likely N-dealkylation sites (N-methyl/N-ethyl adjacent to an activating group) is 1. The lowest BCUT2D eigenvalue weighted by Gasteiger charge is -2.42. The lowest BCUT2D eigenvalue weighted by Crippen LogP contribution is -2.55. The van der Waals surface area contributed by atoms with E-state index in [1.54, 1.807) is 4.90 Å². The third-order valence-electron chi connectivity index (χ3n) is 9.72. The summed E-state index contributed by atoms with van der Waals surface area (Å²) in [6, 6.07) is 9.18. The first-order chi connectivity index (χ1) is 19.8. The van der Waals surface area contributed by atoms with Crippen molar-refractivity contribution in [3.05, 3.63) is 58.8 Å². The van der Waals surface area contributed by atoms with Gasteiger partial charge in [0, 0.05) is 43.2 Å². The third-order valence-corrected chi connectivity index (χ3v) is 9.72. The standard InChI is InChI=1S/C32H39FN6O2/c1-4-29(40)39-14-13-38(19-24(39)9-12-34)30-26-8-11-32(10-7-22-15-21(2)5-6-27(22)32)17-28(26)35-31(36-30)41-20-25-16-23(33)18-37(25)3/h4-6,15,23-25H,1,7-11,13-14,16-20H2,2-3H3/t23-,24+,25+,32?/m1/s1. The molecule has 41 heavy (non-hydrogen) atoms. The summed E-state index contributed by atoms with van der Waals surface area (Å²) in [6.07, 6.45) is 6.09. The number of carbonyl (C=O) groups excluding carboxylic acids is 1. The normalized spacial score (nSPS) is 27.4. The molecule has 2 aliphatic carbocycles. The van der Waals surface area contributed by atoms with Crippen molar-refractivity contribution < 1.29 is 13.9 Å². The molecule has 9 heteroatoms. The molecule has 2 saturated heterocycles. The monoisotopic (exact) mass is 558 g/mol. The highest BCUT2D eigenvalue weighted by Gasteiger charge is 2.43. The topological polar surface area (TPSA) is 85.6 Å². The molecule has 0 saturated carbocycles. The predicted octanol–water partition coefficient (Wildman–Crippen LogP) is 3.70. The number of piperazine rings is 1. The van der Waals surface area contributed by atoms with Crippen molar-refractivity contribution in [2.75, 3.05) is 44.7 Å². The second-order valence-electron chi connectivity index (χ2n) is 12.3. The fourth-order valence-electron chi connectivity index (χ4n) is 7.51. The smallest absolute Gasteiger partial charge is 0.318 e. The lowest BCUT2D eigenvalue weighted by molar-refractivity contribution is -0.128. The molecule has 0 bridgehead atoms. The second-order valence-corrected chi connectivity index (χ2v) is 12.3. The highest BCUT2D eigenvalue weighted by molar-refractivity contribution is 5.87. The Morgan fingerprint density at radius 1 is 1.24 bits per heavy atom. The maximum atomic E-state index is 14.0. The van der Waals surface area contributed by atoms with E-state index >= 15 is 0 Å². The summed E-state index contributed by atoms with van der Waals surface area (Å²) in [7, 11) is 1.93. The van der Waals surface area contributed by atoms with Crippen molar-refractivity contribution in [2.45, 2.75) is 75.5 Å². The van der Waals surface area contributed by atoms with Crippen LogP contribution in [-0.4, -0.2) is 83.8 Å². The van der Waals surface area contributed by atoms with Crippen LogP contribution in [0.2, 0.25) is 0 Å². The summed E-state index contributed by atoms with van der Waals surface area (Å²) in [5.41, 5.74) is 6.42. The number of aryl methyl sites for hydroxylation is 2. The lowest BCUT2D eigenvalue weighted by atomic mass is 9.69. The van der Waals surface area contributed by atoms with Crippen molar-refractivity contribution in [1.82, 2.24) is 19.8 Å². The molecule has 4 atom stereocenters. The number of aromatic nitrogens is 2. The van der Waals surface area contributed by atoms with Gasteiger partial charge in [0.05, 0.1) is 24.2 Å². The first-order valence-corrected chi connectivity index (χ1v) is 14.8. The van der Waals surface area contributed by atoms with E-state index in [-0.39, 0.29) is 29.8 Å². The molecule has 1 amide bonds. The van der Waals surface area contributed by atoms with Crippen molar-refractivity contribution >= 4 is 11.7 Å². The summed E-state index contributed by atoms with van der Waals surface area (Å²) in [4.78, 5) is 28.4. The minimum atomic E-state index is -0.841. The van der Waals surface area contributed by atoms with Crippen LogP contribution >= 0.6 is 0 Å². The number of nitriles is 1. The molecule has 2 aliphatic heterocycles. The maximum absolute atomic E-state index is 14.0. The number of rotatable bonds is 6. The third kappa shape index (κ3) is 5.19. The van der Waals surface area contributed by atoms with Gasteiger partial charge in [-0.25, -0.2) is 4.39 Å². The zero-order chi connectivity index (χ0) is 28.7. The number of anilines is 1. The van der Waals surface area contributed by atoms with Gasteiger partial charge in [-0.15, -0.1) is 0 Å². The number of alkyl halides is 1. The molecule has 2 aromatic rings. The number of hydrogen-bond donors (Lipinski definition) is 0. The maximum Gasteiger partial charge on any atom is 0.318 e. The molecule has 216 valence electrons. The number of hydrogen-bond acceptors (Lipinski definition) is 7. The SMILES string of the molecule is C=CC(=O)N1CCN(c2nc(OC[C@@H]3C[C@@H](F)CN3C)nc3c2CCC2(CCc4cc(C)ccc42)C3)C[C@@H]1CC#N. The molecule has 0 radical (unpaired) electrons. The summed E-state index contributed by atoms with van der Waals surface area (Å²) >= 11 is 0. The highest BCUT2D eigenvalue weighted by Crippen LogP contribution is 2.49. The number of benzene rings is 1. The molecule has 1 unspecified atom stereocenters. The summed E-state index contributed by atoms with van der Waals surface area (Å²) in [5, 5.41) is 9.50. The van der Waals surface area contributed by atoms with E-state index < -0.39 is 6.17 Å². The van der Waals surface area contributed by atoms with Crippen LogP contribution in [-0.2, 0) is 29.5 Å². The van der Waals surface area contributed by atoms with Crippen LogP contribution in [0.5, 0.6) is 6.01 Å². The number of nitrogens with zero attached hydrogens (tertiary/aromatic N) is 6. The van der Waals surface area contributed by atoms with Gasteiger partial charge in [0.25, 0.3) is 0 Å². The Hall–Kier alpha value is -3.51. The van der Waals surface area contributed by atoms with E-state index in [0.29, 0.717) is 45.2 Å². The Labute approximate surface area is 241 Å². The number of carbonyl (C=O) groups is 1. The molecule has 0 N–H and O–H groups in total. The molecule has 8 nitrogen and oxygen atoms in total. The van der Waals surface area contributed by atoms with Crippen LogP contribution in [0.1, 0.15) is 53.6 Å². The average molecular weight is 559 g/mol. The molecule has 1 aromatic carbocycles. The summed E-state index contributed by atoms with van der Waals surface area (Å²) in [6.45, 7) is 8.16. The molecule has 2 fully saturated rings. The highest BCUT2D eigenvalue weighted by atomic mass is 19.1. The molecule has 3 heterocycles. The summed E-state index contributed by atoms with van der Waals surface area (Å²) < 4.78 is 20.2. The molecule has 6 rings (SSSR count). The van der Waals surface area contributed by atoms with E-state index in [4.69, 9.17) is 14.7 Å². The predicted molar refractivity (Wildman–Crippen MR) is 155 cm³/mol. The van der Waals surface area contributed by atoms with E-state index in [2.05, 4.69) is 42.7 Å². The van der Waals surface area contributed by atoms with Crippen molar-refractivity contribution in [3.8, 4) is 12.1 Å². The van der Waals surface area contributed by atoms with Gasteiger partial charge in [-0.3, -0.25) is 9.69 Å². The van der Waals surface area contributed by atoms with Gasteiger partial charge in [-0.05, 0) is 69.7 Å². The number of halogens is 1. The van der Waals surface area contributed by atoms with Gasteiger partial charge in [0.15, 0.2) is 0 Å². The first kappa shape index (κ1) is 27.6. The van der Waals surface area contributed by atoms with Crippen LogP contribution in [0.15, 0.2) is 30.9 Å². The number of likely N-dealkylation sites (tertiary alicyclic amines) is 1. The zero-order valence-corrected chi connectivity index (χ0v) is 24.1. The largest absolute Gasteiger partial charge is 0.462 e. The minimum Gasteiger partial charge on any atom is -0.462 e. The Balaban J connectivity index is 1.33. The number of ether oxygens (including phenoxy) is 1. The fraction of sp³-hybridized carbons (Fsp3) is 0.562. The van der Waals surface area contributed by atoms with E-state index in [1.165, 1.54) is 22.8 Å². The quantitative estimate of drug-likeness (QED) is 0.500. The van der Waals surface area contributed by atoms with Crippen LogP contribution in [0.3, 0.4) is 0 Å². The molecular weight excluding hydrogens is 519 g/mol. The minimum absolute atomic E-state index is 0.0159. The van der Waals surface area contributed by atoms with Crippen LogP contribution in [0.4, 0.5) is 10.2 Å². The van der Waals surface area contributed by atoms with E-state index in [9.17, 15) is 14.4 Å². The van der Waals surface area contributed by atoms with Crippen LogP contribution in [0.25, 0.3) is 0 Å². The average Bonchev–Trinajstić information content (AvgIpc) is 3.48.